The fraction of sp³-hybridized carbons (Fsp3) is 0.632. The van der Waals surface area contributed by atoms with Crippen molar-refractivity contribution in [2.24, 2.45) is 0 Å². The maximum Gasteiger partial charge on any atom is 0.239 e. The van der Waals surface area contributed by atoms with Crippen molar-refractivity contribution in [1.82, 2.24) is 9.80 Å². The zero-order chi connectivity index (χ0) is 19.6. The zero-order valence-corrected chi connectivity index (χ0v) is 16.9. The number of rotatable bonds is 5. The number of nitrogens with zero attached hydrogens (tertiary/aromatic N) is 3. The molecule has 1 amide bonds. The molecule has 3 rings (SSSR count). The number of anilines is 1. The van der Waals surface area contributed by atoms with Gasteiger partial charge in [-0.25, -0.2) is 8.42 Å². The number of amides is 1. The number of piperazine rings is 1. The number of sulfone groups is 1. The topological polar surface area (TPSA) is 81.2 Å². The summed E-state index contributed by atoms with van der Waals surface area (Å²) >= 11 is 0. The molecule has 1 N–H and O–H groups in total. The highest BCUT2D eigenvalue weighted by Gasteiger charge is 2.37. The molecule has 2 saturated heterocycles. The van der Waals surface area contributed by atoms with Crippen molar-refractivity contribution in [1.29, 1.82) is 0 Å². The number of carbonyl (C=O) groups is 1. The molecule has 7 nitrogen and oxygen atoms in total. The first-order chi connectivity index (χ1) is 12.8. The molecular formula is C19H29N3O4S. The molecule has 0 radical (unpaired) electrons. The number of carbonyl (C=O) groups excluding carboxylic acids is 1. The van der Waals surface area contributed by atoms with Crippen molar-refractivity contribution < 1.29 is 18.3 Å². The summed E-state index contributed by atoms with van der Waals surface area (Å²) in [6.07, 6.45) is 0.537. The molecule has 0 aliphatic carbocycles. The van der Waals surface area contributed by atoms with E-state index in [-0.39, 0.29) is 35.2 Å². The standard InChI is InChI=1S/C19H29N3O4S/c1-3-22(16-8-13-27(25,26)14-16)19(24)15(2)20-9-11-21(12-10-20)17-6-4-5-7-18(17)23/h4-7,15-16,23H,3,8-14H2,1-2H3/t15-,16-/m1/s1. The molecule has 2 aliphatic heterocycles. The van der Waals surface area contributed by atoms with Crippen molar-refractivity contribution in [3.63, 3.8) is 0 Å². The van der Waals surface area contributed by atoms with E-state index >= 15 is 0 Å². The van der Waals surface area contributed by atoms with Crippen molar-refractivity contribution >= 4 is 21.4 Å². The van der Waals surface area contributed by atoms with E-state index in [2.05, 4.69) is 9.80 Å². The summed E-state index contributed by atoms with van der Waals surface area (Å²) in [5.41, 5.74) is 0.822. The Bertz CT molecular complexity index is 775. The monoisotopic (exact) mass is 395 g/mol. The molecular weight excluding hydrogens is 366 g/mol. The van der Waals surface area contributed by atoms with Gasteiger partial charge in [0.25, 0.3) is 0 Å². The maximum absolute atomic E-state index is 13.0. The van der Waals surface area contributed by atoms with Gasteiger partial charge in [0.05, 0.1) is 23.2 Å². The number of phenols is 1. The van der Waals surface area contributed by atoms with Crippen LogP contribution in [0.4, 0.5) is 5.69 Å². The van der Waals surface area contributed by atoms with Crippen LogP contribution < -0.4 is 4.90 Å². The van der Waals surface area contributed by atoms with Gasteiger partial charge in [-0.3, -0.25) is 9.69 Å². The van der Waals surface area contributed by atoms with Gasteiger partial charge in [-0.15, -0.1) is 0 Å². The summed E-state index contributed by atoms with van der Waals surface area (Å²) in [6, 6.07) is 6.82. The van der Waals surface area contributed by atoms with Crippen LogP contribution in [0.3, 0.4) is 0 Å². The highest BCUT2D eigenvalue weighted by molar-refractivity contribution is 7.91. The lowest BCUT2D eigenvalue weighted by Crippen LogP contribution is -2.56. The summed E-state index contributed by atoms with van der Waals surface area (Å²) in [5.74, 6) is 0.542. The Balaban J connectivity index is 1.60. The van der Waals surface area contributed by atoms with Crippen LogP contribution in [0.2, 0.25) is 0 Å². The van der Waals surface area contributed by atoms with Gasteiger partial charge in [-0.05, 0) is 32.4 Å². The largest absolute Gasteiger partial charge is 0.506 e. The second-order valence-electron chi connectivity index (χ2n) is 7.37. The number of benzene rings is 1. The van der Waals surface area contributed by atoms with E-state index in [4.69, 9.17) is 0 Å². The number of aromatic hydroxyl groups is 1. The normalized spacial score (nSPS) is 23.9. The third-order valence-corrected chi connectivity index (χ3v) is 7.47. The summed E-state index contributed by atoms with van der Waals surface area (Å²) in [6.45, 7) is 7.26. The second-order valence-corrected chi connectivity index (χ2v) is 9.60. The van der Waals surface area contributed by atoms with Crippen molar-refractivity contribution in [3.05, 3.63) is 24.3 Å². The Hall–Kier alpha value is -1.80. The summed E-state index contributed by atoms with van der Waals surface area (Å²) in [5, 5.41) is 10.0. The summed E-state index contributed by atoms with van der Waals surface area (Å²) in [7, 11) is -3.01. The molecule has 2 fully saturated rings. The first-order valence-electron chi connectivity index (χ1n) is 9.60. The minimum Gasteiger partial charge on any atom is -0.506 e. The third-order valence-electron chi connectivity index (χ3n) is 5.71. The molecule has 2 heterocycles. The quantitative estimate of drug-likeness (QED) is 0.799. The zero-order valence-electron chi connectivity index (χ0n) is 16.0. The molecule has 150 valence electrons. The highest BCUT2D eigenvalue weighted by Crippen LogP contribution is 2.27. The predicted octanol–water partition coefficient (Wildman–Crippen LogP) is 0.938. The van der Waals surface area contributed by atoms with Crippen LogP contribution in [0.25, 0.3) is 0 Å². The lowest BCUT2D eigenvalue weighted by molar-refractivity contribution is -0.138. The molecule has 0 bridgehead atoms. The molecule has 0 aromatic heterocycles. The van der Waals surface area contributed by atoms with Crippen molar-refractivity contribution in [2.75, 3.05) is 49.1 Å². The third kappa shape index (κ3) is 4.38. The highest BCUT2D eigenvalue weighted by atomic mass is 32.2. The van der Waals surface area contributed by atoms with Gasteiger partial charge < -0.3 is 14.9 Å². The predicted molar refractivity (Wildman–Crippen MR) is 106 cm³/mol. The van der Waals surface area contributed by atoms with E-state index in [9.17, 15) is 18.3 Å². The Morgan fingerprint density at radius 3 is 2.48 bits per heavy atom. The molecule has 1 aromatic carbocycles. The molecule has 27 heavy (non-hydrogen) atoms. The average molecular weight is 396 g/mol. The van der Waals surface area contributed by atoms with Crippen LogP contribution in [0, 0.1) is 0 Å². The summed E-state index contributed by atoms with van der Waals surface area (Å²) < 4.78 is 23.6. The van der Waals surface area contributed by atoms with Crippen LogP contribution in [0.5, 0.6) is 5.75 Å². The maximum atomic E-state index is 13.0. The molecule has 0 spiro atoms. The van der Waals surface area contributed by atoms with E-state index in [0.29, 0.717) is 13.0 Å². The Morgan fingerprint density at radius 1 is 1.26 bits per heavy atom. The van der Waals surface area contributed by atoms with Crippen LogP contribution in [-0.4, -0.2) is 85.5 Å². The molecule has 0 saturated carbocycles. The van der Waals surface area contributed by atoms with E-state index < -0.39 is 9.84 Å². The molecule has 1 aromatic rings. The van der Waals surface area contributed by atoms with E-state index in [1.807, 2.05) is 26.0 Å². The lowest BCUT2D eigenvalue weighted by atomic mass is 10.1. The Kier molecular flexibility index (Phi) is 5.95. The number of para-hydroxylation sites is 2. The van der Waals surface area contributed by atoms with Gasteiger partial charge in [0.15, 0.2) is 9.84 Å². The van der Waals surface area contributed by atoms with Gasteiger partial charge in [0.1, 0.15) is 5.75 Å². The van der Waals surface area contributed by atoms with Crippen LogP contribution in [0.1, 0.15) is 20.3 Å². The molecule has 0 unspecified atom stereocenters. The second kappa shape index (κ2) is 8.06. The van der Waals surface area contributed by atoms with E-state index in [1.54, 1.807) is 17.0 Å². The first kappa shape index (κ1) is 19.9. The van der Waals surface area contributed by atoms with Gasteiger partial charge in [0, 0.05) is 38.8 Å². The van der Waals surface area contributed by atoms with Crippen LogP contribution in [-0.2, 0) is 14.6 Å². The number of likely N-dealkylation sites (N-methyl/N-ethyl adjacent to an activating group) is 1. The SMILES string of the molecule is CCN(C(=O)[C@@H](C)N1CCN(c2ccccc2O)CC1)[C@@H]1CCS(=O)(=O)C1. The van der Waals surface area contributed by atoms with Crippen molar-refractivity contribution in [3.8, 4) is 5.75 Å². The van der Waals surface area contributed by atoms with Gasteiger partial charge in [0.2, 0.25) is 5.91 Å². The molecule has 2 aliphatic rings. The van der Waals surface area contributed by atoms with Gasteiger partial charge >= 0.3 is 0 Å². The van der Waals surface area contributed by atoms with Gasteiger partial charge in [-0.1, -0.05) is 12.1 Å². The Morgan fingerprint density at radius 2 is 1.93 bits per heavy atom. The lowest BCUT2D eigenvalue weighted by Gasteiger charge is -2.40. The number of hydrogen-bond acceptors (Lipinski definition) is 6. The smallest absolute Gasteiger partial charge is 0.239 e. The summed E-state index contributed by atoms with van der Waals surface area (Å²) in [4.78, 5) is 19.0. The minimum absolute atomic E-state index is 0.00982. The Labute approximate surface area is 161 Å². The average Bonchev–Trinajstić information content (AvgIpc) is 3.01. The van der Waals surface area contributed by atoms with Crippen LogP contribution >= 0.6 is 0 Å². The van der Waals surface area contributed by atoms with Crippen LogP contribution in [0.15, 0.2) is 24.3 Å². The van der Waals surface area contributed by atoms with Crippen molar-refractivity contribution in [2.45, 2.75) is 32.4 Å². The minimum atomic E-state index is -3.01. The van der Waals surface area contributed by atoms with E-state index in [0.717, 1.165) is 31.9 Å². The number of hydrogen-bond donors (Lipinski definition) is 1. The fourth-order valence-electron chi connectivity index (χ4n) is 4.09. The van der Waals surface area contributed by atoms with Gasteiger partial charge in [-0.2, -0.15) is 0 Å². The first-order valence-corrected chi connectivity index (χ1v) is 11.4. The number of phenolic OH excluding ortho intramolecular Hbond substituents is 1. The molecule has 8 heteroatoms. The fourth-order valence-corrected chi connectivity index (χ4v) is 5.82. The molecule has 2 atom stereocenters. The van der Waals surface area contributed by atoms with E-state index in [1.165, 1.54) is 0 Å².